The van der Waals surface area contributed by atoms with Crippen molar-refractivity contribution in [2.24, 2.45) is 23.7 Å². The second kappa shape index (κ2) is 5.42. The Balaban J connectivity index is 1.87. The van der Waals surface area contributed by atoms with Gasteiger partial charge in [0.05, 0.1) is 0 Å². The molecule has 1 saturated carbocycles. The van der Waals surface area contributed by atoms with Crippen molar-refractivity contribution in [2.45, 2.75) is 51.4 Å². The van der Waals surface area contributed by atoms with E-state index in [2.05, 4.69) is 13.0 Å². The van der Waals surface area contributed by atoms with Gasteiger partial charge in [0.1, 0.15) is 18.6 Å². The Kier molecular flexibility index (Phi) is 3.78. The van der Waals surface area contributed by atoms with Gasteiger partial charge in [-0.2, -0.15) is 0 Å². The highest BCUT2D eigenvalue weighted by molar-refractivity contribution is 5.56. The van der Waals surface area contributed by atoms with Gasteiger partial charge < -0.3 is 4.79 Å². The molecule has 5 atom stereocenters. The molecule has 3 aliphatic carbocycles. The van der Waals surface area contributed by atoms with Crippen LogP contribution in [0.5, 0.6) is 0 Å². The Morgan fingerprint density at radius 3 is 2.60 bits per heavy atom. The predicted octanol–water partition coefficient (Wildman–Crippen LogP) is 4.19. The van der Waals surface area contributed by atoms with Crippen molar-refractivity contribution >= 4 is 6.29 Å². The van der Waals surface area contributed by atoms with Gasteiger partial charge >= 0.3 is 0 Å². The first-order valence-corrected chi connectivity index (χ1v) is 7.74. The van der Waals surface area contributed by atoms with Crippen LogP contribution in [-0.2, 0) is 4.79 Å². The van der Waals surface area contributed by atoms with Crippen LogP contribution in [0.4, 0.5) is 8.78 Å². The summed E-state index contributed by atoms with van der Waals surface area (Å²) in [6.07, 6.45) is 6.09. The molecule has 20 heavy (non-hydrogen) atoms. The lowest BCUT2D eigenvalue weighted by Gasteiger charge is -2.34. The standard InChI is InChI=1S/C17H22F2O/c1-10-6-14(12-4-5-16(18)17(19)8-12)15(11-2-3-11)7-13(10)9-20/h4,6,9-11,13,15-17H,2-3,5,7-8H2,1H3/t10?,13-,15+,16-,17+/m0/s1. The molecular formula is C17H22F2O. The van der Waals surface area contributed by atoms with Gasteiger partial charge in [0.2, 0.25) is 0 Å². The molecular weight excluding hydrogens is 258 g/mol. The first kappa shape index (κ1) is 14.0. The number of alkyl halides is 2. The van der Waals surface area contributed by atoms with E-state index in [0.717, 1.165) is 18.3 Å². The molecule has 3 aliphatic rings. The van der Waals surface area contributed by atoms with Crippen LogP contribution in [0.15, 0.2) is 23.3 Å². The van der Waals surface area contributed by atoms with Crippen molar-refractivity contribution in [3.05, 3.63) is 23.3 Å². The summed E-state index contributed by atoms with van der Waals surface area (Å²) in [6.45, 7) is 2.05. The zero-order valence-corrected chi connectivity index (χ0v) is 11.9. The Hall–Kier alpha value is -0.990. The molecule has 0 aromatic carbocycles. The molecule has 0 aliphatic heterocycles. The fourth-order valence-electron chi connectivity index (χ4n) is 3.69. The summed E-state index contributed by atoms with van der Waals surface area (Å²) in [5.41, 5.74) is 2.21. The third-order valence-electron chi connectivity index (χ3n) is 5.18. The highest BCUT2D eigenvalue weighted by Crippen LogP contribution is 2.50. The van der Waals surface area contributed by atoms with Crippen molar-refractivity contribution in [3.63, 3.8) is 0 Å². The maximum atomic E-state index is 13.7. The number of halogens is 2. The summed E-state index contributed by atoms with van der Waals surface area (Å²) >= 11 is 0. The third kappa shape index (κ3) is 2.59. The highest BCUT2D eigenvalue weighted by Gasteiger charge is 2.40. The van der Waals surface area contributed by atoms with E-state index in [0.29, 0.717) is 11.8 Å². The first-order chi connectivity index (χ1) is 9.60. The maximum Gasteiger partial charge on any atom is 0.135 e. The Bertz CT molecular complexity index is 450. The van der Waals surface area contributed by atoms with E-state index in [1.54, 1.807) is 0 Å². The predicted molar refractivity (Wildman–Crippen MR) is 74.7 cm³/mol. The monoisotopic (exact) mass is 280 g/mol. The minimum Gasteiger partial charge on any atom is -0.303 e. The van der Waals surface area contributed by atoms with Crippen molar-refractivity contribution < 1.29 is 13.6 Å². The normalized spacial score (nSPS) is 41.9. The van der Waals surface area contributed by atoms with E-state index in [-0.39, 0.29) is 24.7 Å². The number of carbonyl (C=O) groups is 1. The quantitative estimate of drug-likeness (QED) is 0.708. The molecule has 1 unspecified atom stereocenters. The minimum atomic E-state index is -1.37. The summed E-state index contributed by atoms with van der Waals surface area (Å²) in [5, 5.41) is 0. The zero-order chi connectivity index (χ0) is 14.3. The molecule has 0 heterocycles. The van der Waals surface area contributed by atoms with Gasteiger partial charge in [-0.25, -0.2) is 8.78 Å². The molecule has 0 bridgehead atoms. The van der Waals surface area contributed by atoms with Crippen LogP contribution in [0.3, 0.4) is 0 Å². The summed E-state index contributed by atoms with van der Waals surface area (Å²) in [4.78, 5) is 11.2. The summed E-state index contributed by atoms with van der Waals surface area (Å²) < 4.78 is 27.0. The average Bonchev–Trinajstić information content (AvgIpc) is 3.26. The van der Waals surface area contributed by atoms with Crippen molar-refractivity contribution in [3.8, 4) is 0 Å². The Morgan fingerprint density at radius 1 is 1.25 bits per heavy atom. The second-order valence-corrected chi connectivity index (χ2v) is 6.66. The molecule has 0 radical (unpaired) electrons. The number of aldehydes is 1. The number of allylic oxidation sites excluding steroid dienone is 4. The second-order valence-electron chi connectivity index (χ2n) is 6.66. The smallest absolute Gasteiger partial charge is 0.135 e. The molecule has 110 valence electrons. The largest absolute Gasteiger partial charge is 0.303 e. The van der Waals surface area contributed by atoms with Crippen LogP contribution in [0, 0.1) is 23.7 Å². The highest BCUT2D eigenvalue weighted by atomic mass is 19.2. The van der Waals surface area contributed by atoms with Gasteiger partial charge in [-0.15, -0.1) is 0 Å². The van der Waals surface area contributed by atoms with E-state index in [9.17, 15) is 13.6 Å². The third-order valence-corrected chi connectivity index (χ3v) is 5.18. The van der Waals surface area contributed by atoms with Crippen LogP contribution in [0.25, 0.3) is 0 Å². The summed E-state index contributed by atoms with van der Waals surface area (Å²) in [6, 6.07) is 0. The first-order valence-electron chi connectivity index (χ1n) is 7.74. The fraction of sp³-hybridized carbons (Fsp3) is 0.706. The SMILES string of the molecule is CC1C=C(C2=CC[C@H](F)[C@H](F)C2)[C@@H](C2CC2)C[C@H]1C=O. The summed E-state index contributed by atoms with van der Waals surface area (Å²) in [7, 11) is 0. The molecule has 0 N–H and O–H groups in total. The molecule has 3 rings (SSSR count). The van der Waals surface area contributed by atoms with Crippen LogP contribution < -0.4 is 0 Å². The lowest BCUT2D eigenvalue weighted by atomic mass is 9.70. The van der Waals surface area contributed by atoms with Gasteiger partial charge in [0.25, 0.3) is 0 Å². The molecule has 0 aromatic rings. The number of hydrogen-bond acceptors (Lipinski definition) is 1. The van der Waals surface area contributed by atoms with E-state index in [4.69, 9.17) is 0 Å². The molecule has 0 amide bonds. The summed E-state index contributed by atoms with van der Waals surface area (Å²) in [5.74, 6) is 1.33. The van der Waals surface area contributed by atoms with Crippen LogP contribution in [0.1, 0.15) is 39.0 Å². The Labute approximate surface area is 119 Å². The average molecular weight is 280 g/mol. The molecule has 1 nitrogen and oxygen atoms in total. The van der Waals surface area contributed by atoms with Gasteiger partial charge in [-0.3, -0.25) is 0 Å². The number of carbonyl (C=O) groups excluding carboxylic acids is 1. The molecule has 0 saturated heterocycles. The molecule has 0 aromatic heterocycles. The molecule has 1 fully saturated rings. The van der Waals surface area contributed by atoms with Crippen molar-refractivity contribution in [1.82, 2.24) is 0 Å². The van der Waals surface area contributed by atoms with Crippen molar-refractivity contribution in [2.75, 3.05) is 0 Å². The topological polar surface area (TPSA) is 17.1 Å². The fourth-order valence-corrected chi connectivity index (χ4v) is 3.69. The van der Waals surface area contributed by atoms with E-state index >= 15 is 0 Å². The maximum absolute atomic E-state index is 13.7. The van der Waals surface area contributed by atoms with E-state index in [1.165, 1.54) is 18.4 Å². The lowest BCUT2D eigenvalue weighted by Crippen LogP contribution is -2.28. The van der Waals surface area contributed by atoms with E-state index in [1.807, 2.05) is 6.08 Å². The van der Waals surface area contributed by atoms with Gasteiger partial charge in [0, 0.05) is 18.8 Å². The zero-order valence-electron chi connectivity index (χ0n) is 11.9. The minimum absolute atomic E-state index is 0.0867. The van der Waals surface area contributed by atoms with E-state index < -0.39 is 12.3 Å². The Morgan fingerprint density at radius 2 is 2.00 bits per heavy atom. The van der Waals surface area contributed by atoms with Crippen LogP contribution in [-0.4, -0.2) is 18.6 Å². The lowest BCUT2D eigenvalue weighted by molar-refractivity contribution is -0.112. The van der Waals surface area contributed by atoms with Crippen LogP contribution >= 0.6 is 0 Å². The molecule has 0 spiro atoms. The number of rotatable bonds is 3. The molecule has 3 heteroatoms. The van der Waals surface area contributed by atoms with Gasteiger partial charge in [0.15, 0.2) is 0 Å². The van der Waals surface area contributed by atoms with Gasteiger partial charge in [-0.05, 0) is 48.2 Å². The number of hydrogen-bond donors (Lipinski definition) is 0. The van der Waals surface area contributed by atoms with Crippen molar-refractivity contribution in [1.29, 1.82) is 0 Å². The van der Waals surface area contributed by atoms with Crippen LogP contribution in [0.2, 0.25) is 0 Å². The van der Waals surface area contributed by atoms with Gasteiger partial charge in [-0.1, -0.05) is 19.1 Å².